The number of hydrogen-bond donors (Lipinski definition) is 2. The third-order valence-corrected chi connectivity index (χ3v) is 3.84. The van der Waals surface area contributed by atoms with Crippen LogP contribution in [-0.2, 0) is 11.3 Å². The van der Waals surface area contributed by atoms with Gasteiger partial charge in [-0.1, -0.05) is 0 Å². The number of amides is 1. The van der Waals surface area contributed by atoms with E-state index in [1.807, 2.05) is 0 Å². The van der Waals surface area contributed by atoms with Crippen LogP contribution in [0.1, 0.15) is 12.7 Å². The molecule has 0 fully saturated rings. The first-order chi connectivity index (χ1) is 9.56. The van der Waals surface area contributed by atoms with Crippen LogP contribution in [0.2, 0.25) is 0 Å². The molecule has 1 heterocycles. The minimum Gasteiger partial charge on any atom is -0.467 e. The van der Waals surface area contributed by atoms with Gasteiger partial charge in [0.05, 0.1) is 18.1 Å². The fourth-order valence-corrected chi connectivity index (χ4v) is 2.54. The summed E-state index contributed by atoms with van der Waals surface area (Å²) in [4.78, 5) is 12.5. The monoisotopic (exact) mass is 294 g/mol. The summed E-state index contributed by atoms with van der Waals surface area (Å²) < 4.78 is 18.3. The van der Waals surface area contributed by atoms with Crippen LogP contribution >= 0.6 is 11.8 Å². The molecule has 2 rings (SSSR count). The summed E-state index contributed by atoms with van der Waals surface area (Å²) >= 11 is 1.22. The molecule has 3 N–H and O–H groups in total. The Hall–Kier alpha value is -1.95. The summed E-state index contributed by atoms with van der Waals surface area (Å²) in [5.41, 5.74) is 6.22. The summed E-state index contributed by atoms with van der Waals surface area (Å²) in [5, 5.41) is 2.37. The number of carbonyl (C=O) groups is 1. The zero-order valence-corrected chi connectivity index (χ0v) is 11.7. The Morgan fingerprint density at radius 1 is 1.50 bits per heavy atom. The molecule has 0 aliphatic carbocycles. The number of thioether (sulfide) groups is 1. The number of hydrogen-bond acceptors (Lipinski definition) is 4. The second-order valence-corrected chi connectivity index (χ2v) is 5.62. The predicted molar refractivity (Wildman–Crippen MR) is 76.7 cm³/mol. The molecule has 0 aliphatic heterocycles. The number of benzene rings is 1. The molecular formula is C14H15FN2O2S. The Labute approximate surface area is 120 Å². The quantitative estimate of drug-likeness (QED) is 0.657. The van der Waals surface area contributed by atoms with Crippen molar-refractivity contribution >= 4 is 23.4 Å². The molecule has 0 aliphatic rings. The summed E-state index contributed by atoms with van der Waals surface area (Å²) in [6, 6.07) is 7.65. The lowest BCUT2D eigenvalue weighted by Gasteiger charge is -2.12. The number of anilines is 1. The van der Waals surface area contributed by atoms with Crippen molar-refractivity contribution in [1.29, 1.82) is 0 Å². The van der Waals surface area contributed by atoms with Gasteiger partial charge in [0.1, 0.15) is 11.6 Å². The molecule has 0 radical (unpaired) electrons. The number of carbonyl (C=O) groups excluding carboxylic acids is 1. The minimum absolute atomic E-state index is 0.157. The molecule has 4 nitrogen and oxygen atoms in total. The van der Waals surface area contributed by atoms with Crippen LogP contribution in [0.4, 0.5) is 10.1 Å². The van der Waals surface area contributed by atoms with Gasteiger partial charge in [0.2, 0.25) is 5.91 Å². The van der Waals surface area contributed by atoms with Crippen LogP contribution < -0.4 is 11.1 Å². The summed E-state index contributed by atoms with van der Waals surface area (Å²) in [7, 11) is 0. The Morgan fingerprint density at radius 3 is 3.00 bits per heavy atom. The first kappa shape index (κ1) is 14.5. The van der Waals surface area contributed by atoms with Crippen LogP contribution in [0.15, 0.2) is 45.9 Å². The zero-order valence-electron chi connectivity index (χ0n) is 10.9. The molecule has 20 heavy (non-hydrogen) atoms. The van der Waals surface area contributed by atoms with Gasteiger partial charge in [0, 0.05) is 10.6 Å². The zero-order chi connectivity index (χ0) is 14.5. The van der Waals surface area contributed by atoms with Gasteiger partial charge in [-0.25, -0.2) is 4.39 Å². The van der Waals surface area contributed by atoms with E-state index >= 15 is 0 Å². The Morgan fingerprint density at radius 2 is 2.30 bits per heavy atom. The molecule has 1 unspecified atom stereocenters. The lowest BCUT2D eigenvalue weighted by atomic mass is 10.3. The number of rotatable bonds is 5. The summed E-state index contributed by atoms with van der Waals surface area (Å²) in [6.45, 7) is 2.07. The molecule has 1 aromatic heterocycles. The van der Waals surface area contributed by atoms with Crippen molar-refractivity contribution in [3.8, 4) is 0 Å². The number of nitrogens with two attached hydrogens (primary N) is 1. The highest BCUT2D eigenvalue weighted by Gasteiger charge is 2.16. The highest BCUT2D eigenvalue weighted by molar-refractivity contribution is 8.00. The van der Waals surface area contributed by atoms with Gasteiger partial charge in [-0.15, -0.1) is 11.8 Å². The lowest BCUT2D eigenvalue weighted by molar-refractivity contribution is -0.120. The molecule has 2 aromatic rings. The van der Waals surface area contributed by atoms with Crippen molar-refractivity contribution in [2.24, 2.45) is 0 Å². The summed E-state index contributed by atoms with van der Waals surface area (Å²) in [6.07, 6.45) is 1.55. The third-order valence-electron chi connectivity index (χ3n) is 2.67. The average Bonchev–Trinajstić information content (AvgIpc) is 2.93. The second-order valence-electron chi connectivity index (χ2n) is 4.24. The molecule has 0 saturated heterocycles. The maximum Gasteiger partial charge on any atom is 0.233 e. The largest absolute Gasteiger partial charge is 0.467 e. The van der Waals surface area contributed by atoms with E-state index in [0.717, 1.165) is 0 Å². The van der Waals surface area contributed by atoms with Crippen molar-refractivity contribution in [2.45, 2.75) is 23.6 Å². The highest BCUT2D eigenvalue weighted by Crippen LogP contribution is 2.29. The van der Waals surface area contributed by atoms with E-state index in [4.69, 9.17) is 10.2 Å². The molecule has 1 atom stereocenters. The van der Waals surface area contributed by atoms with Gasteiger partial charge in [0.15, 0.2) is 0 Å². The maximum absolute atomic E-state index is 13.2. The normalized spacial score (nSPS) is 12.1. The molecule has 1 amide bonds. The highest BCUT2D eigenvalue weighted by atomic mass is 32.2. The van der Waals surface area contributed by atoms with E-state index in [-0.39, 0.29) is 17.0 Å². The number of furan rings is 1. The number of nitrogens with one attached hydrogen (secondary N) is 1. The van der Waals surface area contributed by atoms with E-state index in [1.54, 1.807) is 25.3 Å². The van der Waals surface area contributed by atoms with Crippen LogP contribution in [-0.4, -0.2) is 11.2 Å². The fourth-order valence-electron chi connectivity index (χ4n) is 1.59. The first-order valence-corrected chi connectivity index (χ1v) is 6.96. The van der Waals surface area contributed by atoms with E-state index in [2.05, 4.69) is 5.32 Å². The van der Waals surface area contributed by atoms with Crippen molar-refractivity contribution in [3.05, 3.63) is 48.2 Å². The van der Waals surface area contributed by atoms with E-state index in [1.165, 1.54) is 30.0 Å². The van der Waals surface area contributed by atoms with Crippen molar-refractivity contribution in [1.82, 2.24) is 5.32 Å². The SMILES string of the molecule is CC(Sc1cc(F)ccc1N)C(=O)NCc1ccco1. The van der Waals surface area contributed by atoms with Gasteiger partial charge in [0.25, 0.3) is 0 Å². The predicted octanol–water partition coefficient (Wildman–Crippen LogP) is 2.80. The van der Waals surface area contributed by atoms with Crippen molar-refractivity contribution < 1.29 is 13.6 Å². The summed E-state index contributed by atoms with van der Waals surface area (Å²) in [5.74, 6) is 0.153. The third kappa shape index (κ3) is 3.77. The molecule has 106 valence electrons. The Bertz CT molecular complexity index is 587. The second kappa shape index (κ2) is 6.47. The van der Waals surface area contributed by atoms with Crippen molar-refractivity contribution in [2.75, 3.05) is 5.73 Å². The van der Waals surface area contributed by atoms with E-state index < -0.39 is 0 Å². The molecular weight excluding hydrogens is 279 g/mol. The lowest BCUT2D eigenvalue weighted by Crippen LogP contribution is -2.30. The first-order valence-electron chi connectivity index (χ1n) is 6.08. The van der Waals surface area contributed by atoms with Gasteiger partial charge in [-0.3, -0.25) is 4.79 Å². The number of halogens is 1. The minimum atomic E-state index is -0.380. The topological polar surface area (TPSA) is 68.3 Å². The van der Waals surface area contributed by atoms with Gasteiger partial charge in [-0.2, -0.15) is 0 Å². The van der Waals surface area contributed by atoms with E-state index in [9.17, 15) is 9.18 Å². The maximum atomic E-state index is 13.2. The molecule has 0 spiro atoms. The molecule has 6 heteroatoms. The molecule has 0 bridgehead atoms. The fraction of sp³-hybridized carbons (Fsp3) is 0.214. The van der Waals surface area contributed by atoms with Crippen LogP contribution in [0, 0.1) is 5.82 Å². The van der Waals surface area contributed by atoms with Crippen molar-refractivity contribution in [3.63, 3.8) is 0 Å². The Balaban J connectivity index is 1.92. The van der Waals surface area contributed by atoms with Crippen LogP contribution in [0.3, 0.4) is 0 Å². The average molecular weight is 294 g/mol. The van der Waals surface area contributed by atoms with Crippen LogP contribution in [0.5, 0.6) is 0 Å². The van der Waals surface area contributed by atoms with Crippen LogP contribution in [0.25, 0.3) is 0 Å². The smallest absolute Gasteiger partial charge is 0.233 e. The Kier molecular flexibility index (Phi) is 4.68. The van der Waals surface area contributed by atoms with E-state index in [0.29, 0.717) is 22.9 Å². The standard InChI is InChI=1S/C14H15FN2O2S/c1-9(14(18)17-8-11-3-2-6-19-11)20-13-7-10(15)4-5-12(13)16/h2-7,9H,8,16H2,1H3,(H,17,18). The van der Waals surface area contributed by atoms with Gasteiger partial charge < -0.3 is 15.5 Å². The molecule has 0 saturated carbocycles. The van der Waals surface area contributed by atoms with Gasteiger partial charge in [-0.05, 0) is 37.3 Å². The molecule has 1 aromatic carbocycles. The van der Waals surface area contributed by atoms with Gasteiger partial charge >= 0.3 is 0 Å². The number of nitrogen functional groups attached to an aromatic ring is 1.